The van der Waals surface area contributed by atoms with Gasteiger partial charge in [-0.15, -0.1) is 0 Å². The standard InChI is InChI=1S/C15H15NO/c1-10-3-5-12(6-4-10)14-8-7-13(16)9-15(14)11(2)17/h3-9H,16H2,1-2H3. The number of hydrogen-bond acceptors (Lipinski definition) is 2. The molecule has 0 aliphatic rings. The molecule has 86 valence electrons. The smallest absolute Gasteiger partial charge is 0.160 e. The molecular formula is C15H15NO. The van der Waals surface area contributed by atoms with Crippen LogP contribution in [0.1, 0.15) is 22.8 Å². The van der Waals surface area contributed by atoms with Gasteiger partial charge in [0.1, 0.15) is 0 Å². The molecule has 0 aliphatic carbocycles. The second-order valence-electron chi connectivity index (χ2n) is 4.23. The minimum Gasteiger partial charge on any atom is -0.399 e. The number of nitrogens with two attached hydrogens (primary N) is 1. The van der Waals surface area contributed by atoms with Crippen LogP contribution in [0, 0.1) is 6.92 Å². The first-order chi connectivity index (χ1) is 8.08. The first kappa shape index (κ1) is 11.4. The van der Waals surface area contributed by atoms with Gasteiger partial charge in [-0.2, -0.15) is 0 Å². The van der Waals surface area contributed by atoms with E-state index in [0.29, 0.717) is 11.3 Å². The Hall–Kier alpha value is -2.09. The fourth-order valence-electron chi connectivity index (χ4n) is 1.84. The average Bonchev–Trinajstić information content (AvgIpc) is 2.30. The number of benzene rings is 2. The number of anilines is 1. The summed E-state index contributed by atoms with van der Waals surface area (Å²) in [6.07, 6.45) is 0. The van der Waals surface area contributed by atoms with Gasteiger partial charge in [0.25, 0.3) is 0 Å². The highest BCUT2D eigenvalue weighted by molar-refractivity contribution is 6.01. The van der Waals surface area contributed by atoms with E-state index in [1.54, 1.807) is 13.0 Å². The normalized spacial score (nSPS) is 10.2. The first-order valence-corrected chi connectivity index (χ1v) is 5.55. The lowest BCUT2D eigenvalue weighted by Crippen LogP contribution is -1.98. The highest BCUT2D eigenvalue weighted by atomic mass is 16.1. The van der Waals surface area contributed by atoms with Crippen LogP contribution in [0.25, 0.3) is 11.1 Å². The van der Waals surface area contributed by atoms with Gasteiger partial charge in [-0.1, -0.05) is 35.9 Å². The zero-order valence-corrected chi connectivity index (χ0v) is 10.0. The van der Waals surface area contributed by atoms with E-state index in [9.17, 15) is 4.79 Å². The number of carbonyl (C=O) groups excluding carboxylic acids is 1. The van der Waals surface area contributed by atoms with Crippen molar-refractivity contribution >= 4 is 11.5 Å². The lowest BCUT2D eigenvalue weighted by molar-refractivity contribution is 0.101. The van der Waals surface area contributed by atoms with Crippen molar-refractivity contribution < 1.29 is 4.79 Å². The Kier molecular flexibility index (Phi) is 2.96. The molecule has 0 aromatic heterocycles. The summed E-state index contributed by atoms with van der Waals surface area (Å²) in [5, 5.41) is 0. The number of nitrogen functional groups attached to an aromatic ring is 1. The second-order valence-corrected chi connectivity index (χ2v) is 4.23. The van der Waals surface area contributed by atoms with Crippen LogP contribution in [0.5, 0.6) is 0 Å². The number of ketones is 1. The van der Waals surface area contributed by atoms with Crippen molar-refractivity contribution in [1.29, 1.82) is 0 Å². The Bertz CT molecular complexity index is 556. The Morgan fingerprint density at radius 3 is 2.29 bits per heavy atom. The van der Waals surface area contributed by atoms with Crippen LogP contribution >= 0.6 is 0 Å². The van der Waals surface area contributed by atoms with E-state index >= 15 is 0 Å². The predicted octanol–water partition coefficient (Wildman–Crippen LogP) is 3.45. The minimum atomic E-state index is 0.0351. The van der Waals surface area contributed by atoms with Gasteiger partial charge in [0.15, 0.2) is 5.78 Å². The molecule has 2 aromatic rings. The molecule has 0 spiro atoms. The quantitative estimate of drug-likeness (QED) is 0.628. The third kappa shape index (κ3) is 2.36. The van der Waals surface area contributed by atoms with Gasteiger partial charge in [-0.3, -0.25) is 4.79 Å². The molecule has 0 fully saturated rings. The maximum absolute atomic E-state index is 11.6. The molecule has 0 aliphatic heterocycles. The zero-order chi connectivity index (χ0) is 12.4. The topological polar surface area (TPSA) is 43.1 Å². The van der Waals surface area contributed by atoms with E-state index in [0.717, 1.165) is 11.1 Å². The van der Waals surface area contributed by atoms with E-state index in [2.05, 4.69) is 0 Å². The third-order valence-corrected chi connectivity index (χ3v) is 2.79. The summed E-state index contributed by atoms with van der Waals surface area (Å²) < 4.78 is 0. The van der Waals surface area contributed by atoms with E-state index in [1.165, 1.54) is 5.56 Å². The molecule has 2 rings (SSSR count). The van der Waals surface area contributed by atoms with Gasteiger partial charge in [0.2, 0.25) is 0 Å². The molecular weight excluding hydrogens is 210 g/mol. The summed E-state index contributed by atoms with van der Waals surface area (Å²) in [6, 6.07) is 13.6. The zero-order valence-electron chi connectivity index (χ0n) is 10.0. The highest BCUT2D eigenvalue weighted by Crippen LogP contribution is 2.26. The number of aryl methyl sites for hydroxylation is 1. The molecule has 0 heterocycles. The van der Waals surface area contributed by atoms with Gasteiger partial charge in [0.05, 0.1) is 0 Å². The van der Waals surface area contributed by atoms with Crippen LogP contribution in [0.15, 0.2) is 42.5 Å². The van der Waals surface area contributed by atoms with Gasteiger partial charge >= 0.3 is 0 Å². The fourth-order valence-corrected chi connectivity index (χ4v) is 1.84. The summed E-state index contributed by atoms with van der Waals surface area (Å²) in [4.78, 5) is 11.6. The van der Waals surface area contributed by atoms with Crippen LogP contribution < -0.4 is 5.73 Å². The molecule has 0 radical (unpaired) electrons. The summed E-state index contributed by atoms with van der Waals surface area (Å²) in [7, 11) is 0. The Balaban J connectivity index is 2.58. The molecule has 0 amide bonds. The van der Waals surface area contributed by atoms with E-state index in [1.807, 2.05) is 43.3 Å². The van der Waals surface area contributed by atoms with Crippen LogP contribution in [-0.4, -0.2) is 5.78 Å². The number of rotatable bonds is 2. The minimum absolute atomic E-state index is 0.0351. The summed E-state index contributed by atoms with van der Waals surface area (Å²) in [6.45, 7) is 3.60. The maximum atomic E-state index is 11.6. The van der Waals surface area contributed by atoms with Gasteiger partial charge in [-0.05, 0) is 37.1 Å². The first-order valence-electron chi connectivity index (χ1n) is 5.55. The van der Waals surface area contributed by atoms with Crippen molar-refractivity contribution in [3.05, 3.63) is 53.6 Å². The molecule has 17 heavy (non-hydrogen) atoms. The fraction of sp³-hybridized carbons (Fsp3) is 0.133. The van der Waals surface area contributed by atoms with E-state index < -0.39 is 0 Å². The van der Waals surface area contributed by atoms with Crippen molar-refractivity contribution in [3.8, 4) is 11.1 Å². The molecule has 0 saturated carbocycles. The van der Waals surface area contributed by atoms with Crippen LogP contribution in [0.3, 0.4) is 0 Å². The van der Waals surface area contributed by atoms with Crippen molar-refractivity contribution in [2.24, 2.45) is 0 Å². The number of carbonyl (C=O) groups is 1. The Morgan fingerprint density at radius 2 is 1.71 bits per heavy atom. The van der Waals surface area contributed by atoms with Crippen molar-refractivity contribution in [2.75, 3.05) is 5.73 Å². The van der Waals surface area contributed by atoms with Crippen molar-refractivity contribution in [3.63, 3.8) is 0 Å². The predicted molar refractivity (Wildman–Crippen MR) is 71.0 cm³/mol. The van der Waals surface area contributed by atoms with Crippen molar-refractivity contribution in [1.82, 2.24) is 0 Å². The maximum Gasteiger partial charge on any atom is 0.160 e. The summed E-state index contributed by atoms with van der Waals surface area (Å²) in [5.41, 5.74) is 10.2. The van der Waals surface area contributed by atoms with Gasteiger partial charge in [-0.25, -0.2) is 0 Å². The Labute approximate surface area is 101 Å². The van der Waals surface area contributed by atoms with Gasteiger partial charge in [0, 0.05) is 11.3 Å². The molecule has 2 N–H and O–H groups in total. The monoisotopic (exact) mass is 225 g/mol. The van der Waals surface area contributed by atoms with Crippen LogP contribution in [-0.2, 0) is 0 Å². The molecule has 0 atom stereocenters. The highest BCUT2D eigenvalue weighted by Gasteiger charge is 2.09. The lowest BCUT2D eigenvalue weighted by atomic mass is 9.96. The summed E-state index contributed by atoms with van der Waals surface area (Å²) in [5.74, 6) is 0.0351. The van der Waals surface area contributed by atoms with Crippen LogP contribution in [0.2, 0.25) is 0 Å². The van der Waals surface area contributed by atoms with Crippen molar-refractivity contribution in [2.45, 2.75) is 13.8 Å². The SMILES string of the molecule is CC(=O)c1cc(N)ccc1-c1ccc(C)cc1. The van der Waals surface area contributed by atoms with Crippen LogP contribution in [0.4, 0.5) is 5.69 Å². The number of hydrogen-bond donors (Lipinski definition) is 1. The molecule has 2 heteroatoms. The van der Waals surface area contributed by atoms with Gasteiger partial charge < -0.3 is 5.73 Å². The average molecular weight is 225 g/mol. The number of Topliss-reactive ketones (excluding diaryl/α,β-unsaturated/α-hetero) is 1. The molecule has 2 aromatic carbocycles. The third-order valence-electron chi connectivity index (χ3n) is 2.79. The second kappa shape index (κ2) is 4.42. The molecule has 2 nitrogen and oxygen atoms in total. The Morgan fingerprint density at radius 1 is 1.06 bits per heavy atom. The molecule has 0 bridgehead atoms. The lowest BCUT2D eigenvalue weighted by Gasteiger charge is -2.08. The summed E-state index contributed by atoms with van der Waals surface area (Å²) >= 11 is 0. The largest absolute Gasteiger partial charge is 0.399 e. The molecule has 0 saturated heterocycles. The molecule has 0 unspecified atom stereocenters. The van der Waals surface area contributed by atoms with E-state index in [-0.39, 0.29) is 5.78 Å². The van der Waals surface area contributed by atoms with E-state index in [4.69, 9.17) is 5.73 Å².